The van der Waals surface area contributed by atoms with Crippen LogP contribution < -0.4 is 13.9 Å². The fourth-order valence-corrected chi connectivity index (χ4v) is 6.19. The van der Waals surface area contributed by atoms with Gasteiger partial charge in [-0.15, -0.1) is 0 Å². The van der Waals surface area contributed by atoms with Crippen LogP contribution in [-0.4, -0.2) is 64.7 Å². The number of rotatable bonds is 10. The molecule has 0 aliphatic carbocycles. The molecule has 41 heavy (non-hydrogen) atoms. The molecule has 1 aromatic heterocycles. The molecule has 2 heterocycles. The first-order chi connectivity index (χ1) is 19.4. The Morgan fingerprint density at radius 3 is 2.39 bits per heavy atom. The van der Waals surface area contributed by atoms with E-state index in [4.69, 9.17) is 21.3 Å². The maximum absolute atomic E-state index is 13.7. The Kier molecular flexibility index (Phi) is 9.71. The van der Waals surface area contributed by atoms with E-state index in [1.54, 1.807) is 30.5 Å². The molecule has 222 valence electrons. The van der Waals surface area contributed by atoms with Gasteiger partial charge in [-0.05, 0) is 67.4 Å². The van der Waals surface area contributed by atoms with Crippen molar-refractivity contribution in [2.75, 3.05) is 55.6 Å². The van der Waals surface area contributed by atoms with Gasteiger partial charge in [0, 0.05) is 50.0 Å². The molecule has 0 bridgehead atoms. The number of ether oxygens (including phenoxy) is 1. The highest BCUT2D eigenvalue weighted by Crippen LogP contribution is 2.38. The lowest BCUT2D eigenvalue weighted by molar-refractivity contribution is -0.137. The number of piperazine rings is 1. The van der Waals surface area contributed by atoms with Gasteiger partial charge in [0.1, 0.15) is 5.75 Å². The van der Waals surface area contributed by atoms with Crippen LogP contribution in [0.5, 0.6) is 5.75 Å². The summed E-state index contributed by atoms with van der Waals surface area (Å²) < 4.78 is 74.4. The molecule has 1 aliphatic heterocycles. The summed E-state index contributed by atoms with van der Waals surface area (Å²) in [5, 5.41) is 0.441. The third-order valence-electron chi connectivity index (χ3n) is 6.90. The summed E-state index contributed by atoms with van der Waals surface area (Å²) in [4.78, 5) is 8.57. The first-order valence-corrected chi connectivity index (χ1v) is 15.3. The van der Waals surface area contributed by atoms with Crippen LogP contribution in [-0.2, 0) is 16.2 Å². The van der Waals surface area contributed by atoms with Crippen LogP contribution in [0.1, 0.15) is 32.3 Å². The molecule has 2 aromatic carbocycles. The van der Waals surface area contributed by atoms with Crippen LogP contribution in [0.3, 0.4) is 0 Å². The van der Waals surface area contributed by atoms with E-state index in [1.807, 2.05) is 11.8 Å². The molecule has 0 unspecified atom stereocenters. The minimum absolute atomic E-state index is 0.250. The SMILES string of the molecule is CCCOc1cc(Cl)cc(-c2cnc(N3CCN(CCC)CC3)c(N(C)S(=O)(=O)c3cccc(C(F)(F)F)c3)c2)c1. The number of pyridine rings is 1. The van der Waals surface area contributed by atoms with Crippen molar-refractivity contribution in [3.05, 3.63) is 65.3 Å². The molecule has 0 spiro atoms. The minimum Gasteiger partial charge on any atom is -0.494 e. The Balaban J connectivity index is 1.79. The van der Waals surface area contributed by atoms with E-state index in [0.29, 0.717) is 53.5 Å². The Morgan fingerprint density at radius 2 is 1.73 bits per heavy atom. The van der Waals surface area contributed by atoms with Crippen LogP contribution in [0.4, 0.5) is 24.7 Å². The average molecular weight is 611 g/mol. The van der Waals surface area contributed by atoms with Crippen LogP contribution in [0.25, 0.3) is 11.1 Å². The number of benzene rings is 2. The maximum atomic E-state index is 13.7. The fourth-order valence-electron chi connectivity index (χ4n) is 4.73. The van der Waals surface area contributed by atoms with Crippen LogP contribution >= 0.6 is 11.6 Å². The lowest BCUT2D eigenvalue weighted by Crippen LogP contribution is -2.47. The molecule has 4 rings (SSSR count). The van der Waals surface area contributed by atoms with Gasteiger partial charge in [-0.25, -0.2) is 13.4 Å². The van der Waals surface area contributed by atoms with Gasteiger partial charge >= 0.3 is 6.18 Å². The Bertz CT molecular complexity index is 1460. The summed E-state index contributed by atoms with van der Waals surface area (Å²) in [5.41, 5.74) is 0.467. The van der Waals surface area contributed by atoms with Gasteiger partial charge in [0.15, 0.2) is 5.82 Å². The van der Waals surface area contributed by atoms with Crippen LogP contribution in [0.15, 0.2) is 59.6 Å². The van der Waals surface area contributed by atoms with Crippen molar-refractivity contribution in [3.63, 3.8) is 0 Å². The van der Waals surface area contributed by atoms with Crippen molar-refractivity contribution in [2.24, 2.45) is 0 Å². The number of hydrogen-bond donors (Lipinski definition) is 0. The molecule has 0 amide bonds. The predicted octanol–water partition coefficient (Wildman–Crippen LogP) is 6.57. The first kappa shape index (κ1) is 30.9. The molecule has 0 radical (unpaired) electrons. The van der Waals surface area contributed by atoms with Gasteiger partial charge in [0.05, 0.1) is 22.8 Å². The Labute approximate surface area is 244 Å². The standard InChI is InChI=1S/C29H34ClF3N4O3S/c1-4-9-36-10-12-37(13-11-36)28-27(35(3)41(38,39)26-8-6-7-23(18-26)29(31,32)33)17-22(20-34-28)21-15-24(30)19-25(16-21)40-14-5-2/h6-8,15-20H,4-5,9-14H2,1-3H3. The molecule has 12 heteroatoms. The van der Waals surface area contributed by atoms with E-state index >= 15 is 0 Å². The third-order valence-corrected chi connectivity index (χ3v) is 8.88. The molecule has 1 aliphatic rings. The number of aromatic nitrogens is 1. The number of anilines is 2. The van der Waals surface area contributed by atoms with Gasteiger partial charge < -0.3 is 9.64 Å². The van der Waals surface area contributed by atoms with E-state index in [9.17, 15) is 21.6 Å². The van der Waals surface area contributed by atoms with Crippen LogP contribution in [0, 0.1) is 0 Å². The third kappa shape index (κ3) is 7.25. The van der Waals surface area contributed by atoms with Gasteiger partial charge in [0.25, 0.3) is 10.0 Å². The zero-order valence-electron chi connectivity index (χ0n) is 23.3. The fraction of sp³-hybridized carbons (Fsp3) is 0.414. The Morgan fingerprint density at radius 1 is 1.00 bits per heavy atom. The quantitative estimate of drug-likeness (QED) is 0.259. The van der Waals surface area contributed by atoms with Gasteiger partial charge in [-0.2, -0.15) is 13.2 Å². The van der Waals surface area contributed by atoms with Crippen LogP contribution in [0.2, 0.25) is 5.02 Å². The molecule has 0 N–H and O–H groups in total. The number of hydrogen-bond acceptors (Lipinski definition) is 6. The number of halogens is 4. The smallest absolute Gasteiger partial charge is 0.416 e. The van der Waals surface area contributed by atoms with Gasteiger partial charge in [-0.1, -0.05) is 31.5 Å². The van der Waals surface area contributed by atoms with E-state index in [2.05, 4.69) is 11.8 Å². The van der Waals surface area contributed by atoms with Crippen molar-refractivity contribution in [2.45, 2.75) is 37.8 Å². The topological polar surface area (TPSA) is 66.0 Å². The summed E-state index contributed by atoms with van der Waals surface area (Å²) >= 11 is 6.37. The second-order valence-electron chi connectivity index (χ2n) is 9.92. The summed E-state index contributed by atoms with van der Waals surface area (Å²) in [6.45, 7) is 8.40. The highest BCUT2D eigenvalue weighted by Gasteiger charge is 2.33. The monoisotopic (exact) mass is 610 g/mol. The van der Waals surface area contributed by atoms with Gasteiger partial charge in [0.2, 0.25) is 0 Å². The highest BCUT2D eigenvalue weighted by molar-refractivity contribution is 7.92. The lowest BCUT2D eigenvalue weighted by atomic mass is 10.1. The molecule has 0 saturated carbocycles. The summed E-state index contributed by atoms with van der Waals surface area (Å²) in [7, 11) is -3.04. The number of nitrogens with zero attached hydrogens (tertiary/aromatic N) is 4. The molecule has 1 fully saturated rings. The molecular formula is C29H34ClF3N4O3S. The second-order valence-corrected chi connectivity index (χ2v) is 12.3. The van der Waals surface area contributed by atoms with E-state index in [1.165, 1.54) is 7.05 Å². The van der Waals surface area contributed by atoms with E-state index in [0.717, 1.165) is 55.0 Å². The number of alkyl halides is 3. The maximum Gasteiger partial charge on any atom is 0.416 e. The van der Waals surface area contributed by atoms with Crippen molar-refractivity contribution in [1.29, 1.82) is 0 Å². The zero-order valence-corrected chi connectivity index (χ0v) is 24.9. The van der Waals surface area contributed by atoms with Crippen molar-refractivity contribution in [3.8, 4) is 16.9 Å². The molecule has 3 aromatic rings. The predicted molar refractivity (Wildman–Crippen MR) is 156 cm³/mol. The molecule has 1 saturated heterocycles. The van der Waals surface area contributed by atoms with E-state index < -0.39 is 26.7 Å². The molecule has 0 atom stereocenters. The minimum atomic E-state index is -4.68. The summed E-state index contributed by atoms with van der Waals surface area (Å²) in [6.07, 6.45) is -1.19. The van der Waals surface area contributed by atoms with Crippen molar-refractivity contribution >= 4 is 33.1 Å². The number of sulfonamides is 1. The first-order valence-electron chi connectivity index (χ1n) is 13.5. The second kappa shape index (κ2) is 12.9. The van der Waals surface area contributed by atoms with Crippen molar-refractivity contribution in [1.82, 2.24) is 9.88 Å². The lowest BCUT2D eigenvalue weighted by Gasteiger charge is -2.37. The van der Waals surface area contributed by atoms with Crippen molar-refractivity contribution < 1.29 is 26.3 Å². The normalized spacial score (nSPS) is 14.8. The van der Waals surface area contributed by atoms with Gasteiger partial charge in [-0.3, -0.25) is 9.21 Å². The summed E-state index contributed by atoms with van der Waals surface area (Å²) in [6, 6.07) is 10.7. The van der Waals surface area contributed by atoms with E-state index in [-0.39, 0.29) is 5.69 Å². The highest BCUT2D eigenvalue weighted by atomic mass is 35.5. The molecule has 7 nitrogen and oxygen atoms in total. The summed E-state index contributed by atoms with van der Waals surface area (Å²) in [5.74, 6) is 1.00. The molecular weight excluding hydrogens is 577 g/mol. The average Bonchev–Trinajstić information content (AvgIpc) is 2.95. The Hall–Kier alpha value is -3.02. The largest absolute Gasteiger partial charge is 0.494 e. The zero-order chi connectivity index (χ0) is 29.8.